The number of methoxy groups -OCH3 is 1. The van der Waals surface area contributed by atoms with E-state index in [0.717, 1.165) is 6.42 Å². The molecule has 15 heavy (non-hydrogen) atoms. The van der Waals surface area contributed by atoms with Crippen LogP contribution in [0.2, 0.25) is 0 Å². The van der Waals surface area contributed by atoms with Crippen molar-refractivity contribution < 1.29 is 14.2 Å². The molecule has 0 bridgehead atoms. The summed E-state index contributed by atoms with van der Waals surface area (Å²) >= 11 is 0. The normalized spacial score (nSPS) is 14.7. The minimum absolute atomic E-state index is 0.359. The predicted octanol–water partition coefficient (Wildman–Crippen LogP) is 2.84. The third-order valence-electron chi connectivity index (χ3n) is 2.48. The molecule has 1 aromatic rings. The van der Waals surface area contributed by atoms with Gasteiger partial charge in [-0.05, 0) is 31.5 Å². The number of hydrogen-bond donors (Lipinski definition) is 1. The first kappa shape index (κ1) is 12.0. The average molecular weight is 212 g/mol. The number of hydrogen-bond acceptors (Lipinski definition) is 2. The van der Waals surface area contributed by atoms with Gasteiger partial charge < -0.3 is 9.84 Å². The van der Waals surface area contributed by atoms with Gasteiger partial charge in [0.25, 0.3) is 0 Å². The lowest BCUT2D eigenvalue weighted by atomic mass is 9.90. The van der Waals surface area contributed by atoms with Gasteiger partial charge >= 0.3 is 0 Å². The second kappa shape index (κ2) is 4.62. The fourth-order valence-electron chi connectivity index (χ4n) is 1.72. The van der Waals surface area contributed by atoms with E-state index in [1.54, 1.807) is 6.92 Å². The van der Waals surface area contributed by atoms with Crippen LogP contribution in [-0.2, 0) is 5.60 Å². The number of ether oxygens (including phenoxy) is 1. The molecule has 0 radical (unpaired) electrons. The maximum Gasteiger partial charge on any atom is 0.125 e. The van der Waals surface area contributed by atoms with E-state index in [4.69, 9.17) is 4.74 Å². The summed E-state index contributed by atoms with van der Waals surface area (Å²) in [5.74, 6) is 0.164. The summed E-state index contributed by atoms with van der Waals surface area (Å²) in [4.78, 5) is 0. The van der Waals surface area contributed by atoms with E-state index in [1.807, 2.05) is 6.92 Å². The quantitative estimate of drug-likeness (QED) is 0.831. The highest BCUT2D eigenvalue weighted by molar-refractivity contribution is 5.38. The van der Waals surface area contributed by atoms with Crippen molar-refractivity contribution in [2.24, 2.45) is 0 Å². The third-order valence-corrected chi connectivity index (χ3v) is 2.48. The van der Waals surface area contributed by atoms with E-state index in [1.165, 1.54) is 25.3 Å². The molecule has 0 saturated carbocycles. The van der Waals surface area contributed by atoms with Crippen molar-refractivity contribution in [1.29, 1.82) is 0 Å². The SMILES string of the molecule is CCCC(C)(O)c1cc(F)ccc1OC. The third kappa shape index (κ3) is 2.69. The smallest absolute Gasteiger partial charge is 0.125 e. The number of halogens is 1. The summed E-state index contributed by atoms with van der Waals surface area (Å²) in [6, 6.07) is 4.19. The van der Waals surface area contributed by atoms with Crippen LogP contribution >= 0.6 is 0 Å². The van der Waals surface area contributed by atoms with Gasteiger partial charge in [-0.2, -0.15) is 0 Å². The Morgan fingerprint density at radius 2 is 2.13 bits per heavy atom. The van der Waals surface area contributed by atoms with Crippen LogP contribution in [0.15, 0.2) is 18.2 Å². The molecule has 1 aromatic carbocycles. The summed E-state index contributed by atoms with van der Waals surface area (Å²) in [6.45, 7) is 3.65. The van der Waals surface area contributed by atoms with Crippen LogP contribution in [0.5, 0.6) is 5.75 Å². The molecule has 1 rings (SSSR count). The van der Waals surface area contributed by atoms with Crippen LogP contribution < -0.4 is 4.74 Å². The van der Waals surface area contributed by atoms with Crippen molar-refractivity contribution in [2.75, 3.05) is 7.11 Å². The van der Waals surface area contributed by atoms with Crippen LogP contribution in [0, 0.1) is 5.82 Å². The van der Waals surface area contributed by atoms with E-state index in [-0.39, 0.29) is 5.82 Å². The lowest BCUT2D eigenvalue weighted by Crippen LogP contribution is -2.21. The lowest BCUT2D eigenvalue weighted by Gasteiger charge is -2.25. The van der Waals surface area contributed by atoms with E-state index in [0.29, 0.717) is 17.7 Å². The summed E-state index contributed by atoms with van der Waals surface area (Å²) in [7, 11) is 1.51. The molecular formula is C12H17FO2. The molecule has 0 aliphatic heterocycles. The first-order chi connectivity index (χ1) is 7.01. The van der Waals surface area contributed by atoms with Gasteiger partial charge in [-0.3, -0.25) is 0 Å². The van der Waals surface area contributed by atoms with Crippen LogP contribution in [0.4, 0.5) is 4.39 Å². The summed E-state index contributed by atoms with van der Waals surface area (Å²) in [6.07, 6.45) is 1.40. The number of benzene rings is 1. The summed E-state index contributed by atoms with van der Waals surface area (Å²) in [5, 5.41) is 10.2. The summed E-state index contributed by atoms with van der Waals surface area (Å²) in [5.41, 5.74) is -0.533. The molecule has 0 saturated heterocycles. The van der Waals surface area contributed by atoms with Gasteiger partial charge in [0.15, 0.2) is 0 Å². The van der Waals surface area contributed by atoms with Crippen molar-refractivity contribution in [1.82, 2.24) is 0 Å². The zero-order chi connectivity index (χ0) is 11.5. The van der Waals surface area contributed by atoms with Crippen molar-refractivity contribution >= 4 is 0 Å². The second-order valence-electron chi connectivity index (χ2n) is 3.87. The molecule has 3 heteroatoms. The van der Waals surface area contributed by atoms with Crippen LogP contribution in [-0.4, -0.2) is 12.2 Å². The zero-order valence-electron chi connectivity index (χ0n) is 9.38. The zero-order valence-corrected chi connectivity index (χ0v) is 9.38. The second-order valence-corrected chi connectivity index (χ2v) is 3.87. The highest BCUT2D eigenvalue weighted by atomic mass is 19.1. The Balaban J connectivity index is 3.15. The molecule has 0 fully saturated rings. The monoisotopic (exact) mass is 212 g/mol. The Morgan fingerprint density at radius 3 is 2.67 bits per heavy atom. The minimum atomic E-state index is -1.04. The van der Waals surface area contributed by atoms with Gasteiger partial charge in [0, 0.05) is 5.56 Å². The van der Waals surface area contributed by atoms with E-state index >= 15 is 0 Å². The van der Waals surface area contributed by atoms with Gasteiger partial charge in [-0.25, -0.2) is 4.39 Å². The fraction of sp³-hybridized carbons (Fsp3) is 0.500. The molecule has 0 spiro atoms. The molecule has 0 heterocycles. The van der Waals surface area contributed by atoms with Gasteiger partial charge in [0.05, 0.1) is 12.7 Å². The molecule has 84 valence electrons. The standard InChI is InChI=1S/C12H17FO2/c1-4-7-12(2,14)10-8-9(13)5-6-11(10)15-3/h5-6,8,14H,4,7H2,1-3H3. The lowest BCUT2D eigenvalue weighted by molar-refractivity contribution is 0.0441. The molecule has 1 N–H and O–H groups in total. The van der Waals surface area contributed by atoms with Gasteiger partial charge in [-0.15, -0.1) is 0 Å². The molecule has 1 atom stereocenters. The average Bonchev–Trinajstić information content (AvgIpc) is 2.17. The van der Waals surface area contributed by atoms with Crippen molar-refractivity contribution in [3.63, 3.8) is 0 Å². The topological polar surface area (TPSA) is 29.5 Å². The molecule has 2 nitrogen and oxygen atoms in total. The Kier molecular flexibility index (Phi) is 3.69. The van der Waals surface area contributed by atoms with Crippen molar-refractivity contribution in [3.8, 4) is 5.75 Å². The molecule has 0 amide bonds. The van der Waals surface area contributed by atoms with Crippen molar-refractivity contribution in [3.05, 3.63) is 29.6 Å². The molecular weight excluding hydrogens is 195 g/mol. The first-order valence-electron chi connectivity index (χ1n) is 5.07. The molecule has 0 aromatic heterocycles. The summed E-state index contributed by atoms with van der Waals surface area (Å²) < 4.78 is 18.2. The Bertz CT molecular complexity index is 334. The van der Waals surface area contributed by atoms with Crippen LogP contribution in [0.3, 0.4) is 0 Å². The first-order valence-corrected chi connectivity index (χ1v) is 5.07. The van der Waals surface area contributed by atoms with Crippen molar-refractivity contribution in [2.45, 2.75) is 32.3 Å². The molecule has 0 aliphatic carbocycles. The van der Waals surface area contributed by atoms with Gasteiger partial charge in [0.2, 0.25) is 0 Å². The number of aliphatic hydroxyl groups is 1. The van der Waals surface area contributed by atoms with Gasteiger partial charge in [-0.1, -0.05) is 13.3 Å². The Labute approximate surface area is 89.7 Å². The maximum absolute atomic E-state index is 13.1. The van der Waals surface area contributed by atoms with Crippen LogP contribution in [0.25, 0.3) is 0 Å². The largest absolute Gasteiger partial charge is 0.496 e. The van der Waals surface area contributed by atoms with E-state index in [9.17, 15) is 9.50 Å². The molecule has 1 unspecified atom stereocenters. The predicted molar refractivity (Wildman–Crippen MR) is 57.4 cm³/mol. The van der Waals surface area contributed by atoms with E-state index in [2.05, 4.69) is 0 Å². The minimum Gasteiger partial charge on any atom is -0.496 e. The number of rotatable bonds is 4. The highest BCUT2D eigenvalue weighted by Gasteiger charge is 2.26. The Morgan fingerprint density at radius 1 is 1.47 bits per heavy atom. The Hall–Kier alpha value is -1.09. The maximum atomic E-state index is 13.1. The fourth-order valence-corrected chi connectivity index (χ4v) is 1.72. The van der Waals surface area contributed by atoms with Gasteiger partial charge in [0.1, 0.15) is 11.6 Å². The highest BCUT2D eigenvalue weighted by Crippen LogP contribution is 2.33. The van der Waals surface area contributed by atoms with Crippen LogP contribution in [0.1, 0.15) is 32.3 Å². The van der Waals surface area contributed by atoms with E-state index < -0.39 is 5.60 Å². The molecule has 0 aliphatic rings.